The van der Waals surface area contributed by atoms with Crippen molar-refractivity contribution in [3.8, 4) is 0 Å². The van der Waals surface area contributed by atoms with Gasteiger partial charge in [0.25, 0.3) is 0 Å². The van der Waals surface area contributed by atoms with E-state index in [9.17, 15) is 5.11 Å². The Hall–Kier alpha value is -2.20. The van der Waals surface area contributed by atoms with Crippen LogP contribution in [0.1, 0.15) is 17.5 Å². The van der Waals surface area contributed by atoms with Gasteiger partial charge in [0.1, 0.15) is 6.10 Å². The molecule has 0 radical (unpaired) electrons. The molecule has 0 aliphatic heterocycles. The van der Waals surface area contributed by atoms with Crippen LogP contribution < -0.4 is 0 Å². The van der Waals surface area contributed by atoms with Crippen LogP contribution in [-0.4, -0.2) is 19.9 Å². The summed E-state index contributed by atoms with van der Waals surface area (Å²) in [4.78, 5) is 4.55. The highest BCUT2D eigenvalue weighted by atomic mass is 16.3. The van der Waals surface area contributed by atoms with E-state index >= 15 is 0 Å². The van der Waals surface area contributed by atoms with Gasteiger partial charge in [-0.25, -0.2) is 0 Å². The van der Waals surface area contributed by atoms with Crippen LogP contribution in [0.2, 0.25) is 0 Å². The van der Waals surface area contributed by atoms with Gasteiger partial charge in [0.15, 0.2) is 0 Å². The summed E-state index contributed by atoms with van der Waals surface area (Å²) in [6.07, 6.45) is 1.68. The Balaban J connectivity index is 1.84. The Morgan fingerprint density at radius 3 is 2.79 bits per heavy atom. The molecule has 0 fully saturated rings. The highest BCUT2D eigenvalue weighted by Gasteiger charge is 2.12. The first kappa shape index (κ1) is 11.9. The smallest absolute Gasteiger partial charge is 0.103 e. The van der Waals surface area contributed by atoms with Gasteiger partial charge >= 0.3 is 0 Å². The topological polar surface area (TPSA) is 50.9 Å². The summed E-state index contributed by atoms with van der Waals surface area (Å²) in [6, 6.07) is 13.8. The molecule has 2 aromatic heterocycles. The molecule has 0 spiro atoms. The molecule has 1 atom stereocenters. The number of hydrogen-bond donors (Lipinski definition) is 1. The average molecular weight is 253 g/mol. The molecule has 3 rings (SSSR count). The van der Waals surface area contributed by atoms with Gasteiger partial charge in [-0.1, -0.05) is 24.3 Å². The molecule has 4 nitrogen and oxygen atoms in total. The molecule has 4 heteroatoms. The standard InChI is InChI=1S/C15H15N3O/c1-18-9-8-14(17-18)15(19)10-12-7-6-11-4-2-3-5-13(11)16-12/h2-9,15,19H,10H2,1H3. The average Bonchev–Trinajstić information content (AvgIpc) is 2.85. The second-order valence-corrected chi connectivity index (χ2v) is 4.63. The van der Waals surface area contributed by atoms with Gasteiger partial charge in [-0.05, 0) is 18.2 Å². The van der Waals surface area contributed by atoms with Crippen LogP contribution in [0.25, 0.3) is 10.9 Å². The SMILES string of the molecule is Cn1ccc(C(O)Cc2ccc3ccccc3n2)n1. The Morgan fingerprint density at radius 1 is 1.16 bits per heavy atom. The fourth-order valence-corrected chi connectivity index (χ4v) is 2.14. The molecule has 0 bridgehead atoms. The minimum absolute atomic E-state index is 0.474. The van der Waals surface area contributed by atoms with Crippen molar-refractivity contribution in [1.82, 2.24) is 14.8 Å². The van der Waals surface area contributed by atoms with E-state index in [4.69, 9.17) is 0 Å². The molecule has 19 heavy (non-hydrogen) atoms. The lowest BCUT2D eigenvalue weighted by atomic mass is 10.1. The number of nitrogens with zero attached hydrogens (tertiary/aromatic N) is 3. The van der Waals surface area contributed by atoms with Gasteiger partial charge in [-0.15, -0.1) is 0 Å². The number of fused-ring (bicyclic) bond motifs is 1. The van der Waals surface area contributed by atoms with Crippen LogP contribution in [0, 0.1) is 0 Å². The molecule has 1 N–H and O–H groups in total. The van der Waals surface area contributed by atoms with E-state index in [1.54, 1.807) is 4.68 Å². The summed E-state index contributed by atoms with van der Waals surface area (Å²) in [5, 5.41) is 15.5. The minimum Gasteiger partial charge on any atom is -0.386 e. The Morgan fingerprint density at radius 2 is 2.00 bits per heavy atom. The molecule has 1 aromatic carbocycles. The maximum absolute atomic E-state index is 10.1. The monoisotopic (exact) mass is 253 g/mol. The van der Waals surface area contributed by atoms with Crippen molar-refractivity contribution in [3.63, 3.8) is 0 Å². The van der Waals surface area contributed by atoms with E-state index in [1.165, 1.54) is 0 Å². The van der Waals surface area contributed by atoms with Crippen LogP contribution in [0.5, 0.6) is 0 Å². The fourth-order valence-electron chi connectivity index (χ4n) is 2.14. The highest BCUT2D eigenvalue weighted by molar-refractivity contribution is 5.78. The molecule has 3 aromatic rings. The minimum atomic E-state index is -0.616. The molecular weight excluding hydrogens is 238 g/mol. The number of aryl methyl sites for hydroxylation is 1. The second-order valence-electron chi connectivity index (χ2n) is 4.63. The number of aliphatic hydroxyl groups excluding tert-OH is 1. The van der Waals surface area contributed by atoms with Gasteiger partial charge in [0.05, 0.1) is 11.2 Å². The predicted molar refractivity (Wildman–Crippen MR) is 73.6 cm³/mol. The lowest BCUT2D eigenvalue weighted by molar-refractivity contribution is 0.171. The van der Waals surface area contributed by atoms with Crippen molar-refractivity contribution in [2.24, 2.45) is 7.05 Å². The summed E-state index contributed by atoms with van der Waals surface area (Å²) in [6.45, 7) is 0. The van der Waals surface area contributed by atoms with Gasteiger partial charge in [-0.2, -0.15) is 5.10 Å². The Bertz CT molecular complexity index is 705. The van der Waals surface area contributed by atoms with Crippen molar-refractivity contribution in [1.29, 1.82) is 0 Å². The van der Waals surface area contributed by atoms with Gasteiger partial charge < -0.3 is 5.11 Å². The highest BCUT2D eigenvalue weighted by Crippen LogP contribution is 2.18. The van der Waals surface area contributed by atoms with E-state index in [2.05, 4.69) is 10.1 Å². The first-order valence-corrected chi connectivity index (χ1v) is 6.24. The van der Waals surface area contributed by atoms with E-state index in [-0.39, 0.29) is 0 Å². The van der Waals surface area contributed by atoms with E-state index in [0.717, 1.165) is 16.6 Å². The maximum Gasteiger partial charge on any atom is 0.103 e. The second kappa shape index (κ2) is 4.82. The van der Waals surface area contributed by atoms with Gasteiger partial charge in [-0.3, -0.25) is 9.67 Å². The summed E-state index contributed by atoms with van der Waals surface area (Å²) >= 11 is 0. The molecule has 0 amide bonds. The maximum atomic E-state index is 10.1. The third-order valence-corrected chi connectivity index (χ3v) is 3.13. The number of pyridine rings is 1. The lowest BCUT2D eigenvalue weighted by Gasteiger charge is -2.08. The van der Waals surface area contributed by atoms with Crippen LogP contribution in [0.4, 0.5) is 0 Å². The summed E-state index contributed by atoms with van der Waals surface area (Å²) < 4.78 is 1.69. The molecule has 0 saturated heterocycles. The summed E-state index contributed by atoms with van der Waals surface area (Å²) in [5.74, 6) is 0. The van der Waals surface area contributed by atoms with Crippen molar-refractivity contribution < 1.29 is 5.11 Å². The largest absolute Gasteiger partial charge is 0.386 e. The lowest BCUT2D eigenvalue weighted by Crippen LogP contribution is -2.05. The number of aliphatic hydroxyl groups is 1. The Labute approximate surface area is 111 Å². The van der Waals surface area contributed by atoms with Crippen LogP contribution in [0.3, 0.4) is 0 Å². The number of benzene rings is 1. The quantitative estimate of drug-likeness (QED) is 0.779. The third kappa shape index (κ3) is 2.48. The first-order valence-electron chi connectivity index (χ1n) is 6.24. The fraction of sp³-hybridized carbons (Fsp3) is 0.200. The van der Waals surface area contributed by atoms with Crippen LogP contribution in [0.15, 0.2) is 48.7 Å². The zero-order chi connectivity index (χ0) is 13.2. The number of rotatable bonds is 3. The van der Waals surface area contributed by atoms with Crippen molar-refractivity contribution in [3.05, 3.63) is 60.0 Å². The molecule has 0 aliphatic carbocycles. The molecule has 96 valence electrons. The van der Waals surface area contributed by atoms with Gasteiger partial charge in [0, 0.05) is 30.7 Å². The van der Waals surface area contributed by atoms with Crippen LogP contribution >= 0.6 is 0 Å². The zero-order valence-corrected chi connectivity index (χ0v) is 10.7. The normalized spacial score (nSPS) is 12.7. The molecule has 1 unspecified atom stereocenters. The Kier molecular flexibility index (Phi) is 3.01. The summed E-state index contributed by atoms with van der Waals surface area (Å²) in [7, 11) is 1.84. The predicted octanol–water partition coefficient (Wildman–Crippen LogP) is 2.24. The molecular formula is C15H15N3O. The zero-order valence-electron chi connectivity index (χ0n) is 10.7. The molecule has 0 saturated carbocycles. The third-order valence-electron chi connectivity index (χ3n) is 3.13. The van der Waals surface area contributed by atoms with Crippen molar-refractivity contribution in [2.75, 3.05) is 0 Å². The summed E-state index contributed by atoms with van der Waals surface area (Å²) in [5.41, 5.74) is 2.50. The van der Waals surface area contributed by atoms with E-state index in [0.29, 0.717) is 12.1 Å². The number of aromatic nitrogens is 3. The van der Waals surface area contributed by atoms with Crippen LogP contribution in [-0.2, 0) is 13.5 Å². The first-order chi connectivity index (χ1) is 9.22. The number of hydrogen-bond acceptors (Lipinski definition) is 3. The van der Waals surface area contributed by atoms with Gasteiger partial charge in [0.2, 0.25) is 0 Å². The molecule has 0 aliphatic rings. The number of para-hydroxylation sites is 1. The van der Waals surface area contributed by atoms with E-state index in [1.807, 2.05) is 55.7 Å². The van der Waals surface area contributed by atoms with E-state index < -0.39 is 6.10 Å². The van der Waals surface area contributed by atoms with Crippen molar-refractivity contribution >= 4 is 10.9 Å². The van der Waals surface area contributed by atoms with Crippen molar-refractivity contribution in [2.45, 2.75) is 12.5 Å². The molecule has 2 heterocycles.